The SMILES string of the molecule is Nc1nc(-c2nn[nH]n2)cs1. The van der Waals surface area contributed by atoms with Crippen molar-refractivity contribution in [1.82, 2.24) is 25.6 Å². The monoisotopic (exact) mass is 168 g/mol. The van der Waals surface area contributed by atoms with Crippen LogP contribution in [-0.4, -0.2) is 25.6 Å². The Morgan fingerprint density at radius 2 is 2.45 bits per heavy atom. The highest BCUT2D eigenvalue weighted by atomic mass is 32.1. The summed E-state index contributed by atoms with van der Waals surface area (Å²) in [5.74, 6) is 0.470. The summed E-state index contributed by atoms with van der Waals surface area (Å²) in [7, 11) is 0. The van der Waals surface area contributed by atoms with Crippen molar-refractivity contribution in [3.05, 3.63) is 5.38 Å². The standard InChI is InChI=1S/C4H4N6S/c5-4-6-2(1-11-4)3-7-9-10-8-3/h1H,(H2,5,6)(H,7,8,9,10). The van der Waals surface area contributed by atoms with Crippen molar-refractivity contribution in [3.8, 4) is 11.5 Å². The second kappa shape index (κ2) is 2.27. The van der Waals surface area contributed by atoms with E-state index in [2.05, 4.69) is 25.6 Å². The lowest BCUT2D eigenvalue weighted by molar-refractivity contribution is 0.881. The van der Waals surface area contributed by atoms with Crippen molar-refractivity contribution < 1.29 is 0 Å². The zero-order valence-electron chi connectivity index (χ0n) is 5.35. The zero-order chi connectivity index (χ0) is 7.68. The van der Waals surface area contributed by atoms with Crippen LogP contribution in [-0.2, 0) is 0 Å². The Bertz CT molecular complexity index is 337. The molecular formula is C4H4N6S. The zero-order valence-corrected chi connectivity index (χ0v) is 6.17. The topological polar surface area (TPSA) is 93.4 Å². The molecule has 0 fully saturated rings. The van der Waals surface area contributed by atoms with Gasteiger partial charge in [0.05, 0.1) is 0 Å². The summed E-state index contributed by atoms with van der Waals surface area (Å²) in [6.07, 6.45) is 0. The van der Waals surface area contributed by atoms with Crippen molar-refractivity contribution >= 4 is 16.5 Å². The fraction of sp³-hybridized carbons (Fsp3) is 0. The third-order valence-electron chi connectivity index (χ3n) is 1.10. The predicted molar refractivity (Wildman–Crippen MR) is 39.7 cm³/mol. The number of thiazole rings is 1. The fourth-order valence-corrected chi connectivity index (χ4v) is 1.20. The van der Waals surface area contributed by atoms with Gasteiger partial charge < -0.3 is 5.73 Å². The number of anilines is 1. The van der Waals surface area contributed by atoms with Gasteiger partial charge in [-0.2, -0.15) is 5.21 Å². The van der Waals surface area contributed by atoms with Crippen LogP contribution in [0.1, 0.15) is 0 Å². The van der Waals surface area contributed by atoms with Crippen molar-refractivity contribution in [3.63, 3.8) is 0 Å². The third-order valence-corrected chi connectivity index (χ3v) is 1.77. The number of H-pyrrole nitrogens is 1. The lowest BCUT2D eigenvalue weighted by Crippen LogP contribution is -1.84. The average molecular weight is 168 g/mol. The van der Waals surface area contributed by atoms with E-state index in [1.807, 2.05) is 0 Å². The number of rotatable bonds is 1. The van der Waals surface area contributed by atoms with Gasteiger partial charge in [-0.05, 0) is 5.21 Å². The van der Waals surface area contributed by atoms with Gasteiger partial charge in [-0.3, -0.25) is 0 Å². The maximum Gasteiger partial charge on any atom is 0.223 e. The summed E-state index contributed by atoms with van der Waals surface area (Å²) in [6, 6.07) is 0. The molecule has 0 atom stereocenters. The lowest BCUT2D eigenvalue weighted by Gasteiger charge is -1.80. The first-order valence-electron chi connectivity index (χ1n) is 2.81. The highest BCUT2D eigenvalue weighted by Gasteiger charge is 2.05. The van der Waals surface area contributed by atoms with E-state index in [0.29, 0.717) is 16.6 Å². The fourth-order valence-electron chi connectivity index (χ4n) is 0.661. The van der Waals surface area contributed by atoms with E-state index >= 15 is 0 Å². The van der Waals surface area contributed by atoms with Gasteiger partial charge in [0, 0.05) is 5.38 Å². The Morgan fingerprint density at radius 3 is 3.00 bits per heavy atom. The van der Waals surface area contributed by atoms with E-state index in [4.69, 9.17) is 5.73 Å². The molecule has 6 nitrogen and oxygen atoms in total. The maximum atomic E-state index is 5.41. The highest BCUT2D eigenvalue weighted by molar-refractivity contribution is 7.13. The summed E-state index contributed by atoms with van der Waals surface area (Å²) in [5.41, 5.74) is 6.06. The molecule has 0 saturated carbocycles. The number of tetrazole rings is 1. The first-order valence-corrected chi connectivity index (χ1v) is 3.69. The Kier molecular flexibility index (Phi) is 1.29. The molecule has 7 heteroatoms. The summed E-state index contributed by atoms with van der Waals surface area (Å²) in [5, 5.41) is 15.5. The van der Waals surface area contributed by atoms with E-state index in [-0.39, 0.29) is 0 Å². The molecule has 56 valence electrons. The summed E-state index contributed by atoms with van der Waals surface area (Å²) >= 11 is 1.35. The summed E-state index contributed by atoms with van der Waals surface area (Å²) < 4.78 is 0. The number of nitrogens with zero attached hydrogens (tertiary/aromatic N) is 4. The van der Waals surface area contributed by atoms with Crippen molar-refractivity contribution in [2.24, 2.45) is 0 Å². The van der Waals surface area contributed by atoms with Crippen LogP contribution in [0.4, 0.5) is 5.13 Å². The molecule has 2 aromatic rings. The van der Waals surface area contributed by atoms with Crippen LogP contribution in [0.15, 0.2) is 5.38 Å². The lowest BCUT2D eigenvalue weighted by atomic mass is 10.5. The van der Waals surface area contributed by atoms with Gasteiger partial charge in [0.25, 0.3) is 0 Å². The Hall–Kier alpha value is -1.50. The highest BCUT2D eigenvalue weighted by Crippen LogP contribution is 2.17. The van der Waals surface area contributed by atoms with Crippen molar-refractivity contribution in [1.29, 1.82) is 0 Å². The molecule has 2 rings (SSSR count). The number of hydrogen-bond acceptors (Lipinski definition) is 6. The molecule has 0 amide bonds. The number of aromatic amines is 1. The number of aromatic nitrogens is 5. The van der Waals surface area contributed by atoms with Crippen LogP contribution in [0.5, 0.6) is 0 Å². The molecule has 3 N–H and O–H groups in total. The molecule has 0 aromatic carbocycles. The quantitative estimate of drug-likeness (QED) is 0.620. The minimum atomic E-state index is 0.470. The second-order valence-corrected chi connectivity index (χ2v) is 2.70. The molecule has 2 heterocycles. The molecule has 0 aliphatic rings. The van der Waals surface area contributed by atoms with Gasteiger partial charge in [0.15, 0.2) is 5.13 Å². The number of nitrogen functional groups attached to an aromatic ring is 1. The van der Waals surface area contributed by atoms with Gasteiger partial charge in [-0.25, -0.2) is 4.98 Å². The van der Waals surface area contributed by atoms with E-state index in [1.165, 1.54) is 11.3 Å². The Morgan fingerprint density at radius 1 is 1.55 bits per heavy atom. The largest absolute Gasteiger partial charge is 0.375 e. The van der Waals surface area contributed by atoms with Crippen molar-refractivity contribution in [2.75, 3.05) is 5.73 Å². The number of nitrogens with two attached hydrogens (primary N) is 1. The van der Waals surface area contributed by atoms with E-state index in [0.717, 1.165) is 0 Å². The minimum Gasteiger partial charge on any atom is -0.375 e. The maximum absolute atomic E-state index is 5.41. The van der Waals surface area contributed by atoms with E-state index in [9.17, 15) is 0 Å². The first kappa shape index (κ1) is 6.23. The van der Waals surface area contributed by atoms with Crippen LogP contribution < -0.4 is 5.73 Å². The normalized spacial score (nSPS) is 10.2. The van der Waals surface area contributed by atoms with Gasteiger partial charge in [-0.1, -0.05) is 0 Å². The van der Waals surface area contributed by atoms with Gasteiger partial charge >= 0.3 is 0 Å². The van der Waals surface area contributed by atoms with Crippen LogP contribution in [0.25, 0.3) is 11.5 Å². The van der Waals surface area contributed by atoms with Gasteiger partial charge in [0.2, 0.25) is 5.82 Å². The molecule has 0 radical (unpaired) electrons. The Balaban J connectivity index is 2.45. The van der Waals surface area contributed by atoms with Crippen LogP contribution in [0.3, 0.4) is 0 Å². The average Bonchev–Trinajstić information content (AvgIpc) is 2.55. The number of nitrogens with one attached hydrogen (secondary N) is 1. The summed E-state index contributed by atoms with van der Waals surface area (Å²) in [4.78, 5) is 3.96. The third kappa shape index (κ3) is 1.05. The van der Waals surface area contributed by atoms with Crippen LogP contribution >= 0.6 is 11.3 Å². The minimum absolute atomic E-state index is 0.470. The molecule has 11 heavy (non-hydrogen) atoms. The van der Waals surface area contributed by atoms with Gasteiger partial charge in [-0.15, -0.1) is 21.5 Å². The summed E-state index contributed by atoms with van der Waals surface area (Å²) in [6.45, 7) is 0. The number of hydrogen-bond donors (Lipinski definition) is 2. The van der Waals surface area contributed by atoms with Crippen LogP contribution in [0.2, 0.25) is 0 Å². The van der Waals surface area contributed by atoms with Crippen molar-refractivity contribution in [2.45, 2.75) is 0 Å². The van der Waals surface area contributed by atoms with Crippen LogP contribution in [0, 0.1) is 0 Å². The molecular weight excluding hydrogens is 164 g/mol. The van der Waals surface area contributed by atoms with E-state index in [1.54, 1.807) is 5.38 Å². The molecule has 0 bridgehead atoms. The predicted octanol–water partition coefficient (Wildman–Crippen LogP) is -0.0946. The molecule has 0 aliphatic carbocycles. The molecule has 0 spiro atoms. The molecule has 2 aromatic heterocycles. The molecule has 0 saturated heterocycles. The molecule has 0 aliphatic heterocycles. The molecule has 0 unspecified atom stereocenters. The first-order chi connectivity index (χ1) is 5.36. The Labute approximate surface area is 65.5 Å². The van der Waals surface area contributed by atoms with Gasteiger partial charge in [0.1, 0.15) is 5.69 Å². The van der Waals surface area contributed by atoms with E-state index < -0.39 is 0 Å². The smallest absolute Gasteiger partial charge is 0.223 e. The second-order valence-electron chi connectivity index (χ2n) is 1.81.